The molecule has 0 rings (SSSR count). The van der Waals surface area contributed by atoms with Gasteiger partial charge in [-0.3, -0.25) is 0 Å². The van der Waals surface area contributed by atoms with Crippen LogP contribution in [-0.2, 0) is 11.0 Å². The van der Waals surface area contributed by atoms with Crippen molar-refractivity contribution >= 4 is 11.0 Å². The third kappa shape index (κ3) is 5.97. The highest BCUT2D eigenvalue weighted by Crippen LogP contribution is 2.15. The summed E-state index contributed by atoms with van der Waals surface area (Å²) in [7, 11) is -1.07. The fraction of sp³-hybridized carbons (Fsp3) is 1.00. The Labute approximate surface area is 103 Å². The Morgan fingerprint density at radius 3 is 2.12 bits per heavy atom. The summed E-state index contributed by atoms with van der Waals surface area (Å²) < 4.78 is 14.8. The molecule has 0 aromatic heterocycles. The van der Waals surface area contributed by atoms with E-state index < -0.39 is 11.0 Å². The zero-order valence-electron chi connectivity index (χ0n) is 11.4. The molecule has 0 amide bonds. The van der Waals surface area contributed by atoms with Gasteiger partial charge in [0.05, 0.1) is 21.8 Å². The van der Waals surface area contributed by atoms with Crippen LogP contribution in [0.1, 0.15) is 54.4 Å². The largest absolute Gasteiger partial charge is 0.393 e. The van der Waals surface area contributed by atoms with E-state index in [0.29, 0.717) is 12.3 Å². The van der Waals surface area contributed by atoms with E-state index in [9.17, 15) is 9.32 Å². The Morgan fingerprint density at radius 2 is 1.81 bits per heavy atom. The first-order chi connectivity index (χ1) is 7.18. The van der Waals surface area contributed by atoms with Crippen molar-refractivity contribution in [2.75, 3.05) is 0 Å². The van der Waals surface area contributed by atoms with Crippen LogP contribution in [0.2, 0.25) is 0 Å². The first kappa shape index (κ1) is 16.1. The molecule has 0 radical (unpaired) electrons. The van der Waals surface area contributed by atoms with Crippen molar-refractivity contribution < 1.29 is 9.32 Å². The van der Waals surface area contributed by atoms with Gasteiger partial charge >= 0.3 is 0 Å². The number of hydrogen-bond acceptors (Lipinski definition) is 2. The lowest BCUT2D eigenvalue weighted by molar-refractivity contribution is 0.141. The van der Waals surface area contributed by atoms with Gasteiger partial charge in [-0.05, 0) is 39.5 Å². The highest BCUT2D eigenvalue weighted by atomic mass is 32.2. The van der Waals surface area contributed by atoms with Crippen molar-refractivity contribution in [2.24, 2.45) is 5.92 Å². The zero-order chi connectivity index (χ0) is 12.9. The molecule has 3 atom stereocenters. The molecule has 0 saturated carbocycles. The molecule has 98 valence electrons. The lowest BCUT2D eigenvalue weighted by atomic mass is 9.98. The van der Waals surface area contributed by atoms with Gasteiger partial charge in [-0.25, -0.2) is 8.93 Å². The second-order valence-electron chi connectivity index (χ2n) is 5.65. The zero-order valence-corrected chi connectivity index (χ0v) is 12.2. The van der Waals surface area contributed by atoms with Gasteiger partial charge in [0, 0.05) is 6.04 Å². The van der Waals surface area contributed by atoms with Crippen LogP contribution in [0.5, 0.6) is 0 Å². The molecule has 0 aromatic carbocycles. The average molecular weight is 249 g/mol. The maximum Gasteiger partial charge on any atom is 0.0972 e. The van der Waals surface area contributed by atoms with Gasteiger partial charge in [0.15, 0.2) is 0 Å². The van der Waals surface area contributed by atoms with Gasteiger partial charge in [0.1, 0.15) is 0 Å². The molecule has 1 unspecified atom stereocenters. The summed E-state index contributed by atoms with van der Waals surface area (Å²) in [6.07, 6.45) is 1.10. The molecule has 0 aliphatic heterocycles. The van der Waals surface area contributed by atoms with E-state index >= 15 is 0 Å². The molecule has 0 aliphatic rings. The summed E-state index contributed by atoms with van der Waals surface area (Å²) in [6, 6.07) is 0.106. The van der Waals surface area contributed by atoms with Gasteiger partial charge in [-0.1, -0.05) is 20.8 Å². The highest BCUT2D eigenvalue weighted by Gasteiger charge is 2.25. The fourth-order valence-corrected chi connectivity index (χ4v) is 2.23. The molecular formula is C12H27NO2S. The topological polar surface area (TPSA) is 49.3 Å². The van der Waals surface area contributed by atoms with Gasteiger partial charge in [0.2, 0.25) is 0 Å². The van der Waals surface area contributed by atoms with E-state index in [0.717, 1.165) is 6.42 Å². The quantitative estimate of drug-likeness (QED) is 0.758. The molecule has 4 heteroatoms. The van der Waals surface area contributed by atoms with Crippen LogP contribution < -0.4 is 4.72 Å². The lowest BCUT2D eigenvalue weighted by Gasteiger charge is -2.28. The number of aliphatic hydroxyl groups excluding tert-OH is 1. The van der Waals surface area contributed by atoms with Crippen LogP contribution in [0.3, 0.4) is 0 Å². The van der Waals surface area contributed by atoms with Crippen LogP contribution >= 0.6 is 0 Å². The van der Waals surface area contributed by atoms with E-state index in [1.54, 1.807) is 0 Å². The van der Waals surface area contributed by atoms with Gasteiger partial charge in [-0.2, -0.15) is 0 Å². The van der Waals surface area contributed by atoms with Gasteiger partial charge in [-0.15, -0.1) is 0 Å². The Kier molecular flexibility index (Phi) is 6.75. The minimum Gasteiger partial charge on any atom is -0.393 e. The Balaban J connectivity index is 4.41. The Hall–Kier alpha value is 0.0700. The van der Waals surface area contributed by atoms with Crippen LogP contribution in [0.15, 0.2) is 0 Å². The van der Waals surface area contributed by atoms with Gasteiger partial charge < -0.3 is 5.11 Å². The summed E-state index contributed by atoms with van der Waals surface area (Å²) in [5, 5.41) is 9.65. The van der Waals surface area contributed by atoms with E-state index in [2.05, 4.69) is 18.6 Å². The molecule has 16 heavy (non-hydrogen) atoms. The van der Waals surface area contributed by atoms with Crippen LogP contribution in [0, 0.1) is 5.92 Å². The summed E-state index contributed by atoms with van der Waals surface area (Å²) in [5.74, 6) is 0.368. The SMILES string of the molecule is CC[C@@H](O)C[C@@H](NS(=O)C(C)(C)C)C(C)C. The number of aliphatic hydroxyl groups is 1. The number of rotatable bonds is 6. The summed E-state index contributed by atoms with van der Waals surface area (Å²) in [4.78, 5) is 0. The third-order valence-corrected chi connectivity index (χ3v) is 4.25. The minimum atomic E-state index is -1.07. The predicted molar refractivity (Wildman–Crippen MR) is 70.6 cm³/mol. The highest BCUT2D eigenvalue weighted by molar-refractivity contribution is 7.84. The molecule has 0 bridgehead atoms. The Bertz CT molecular complexity index is 224. The first-order valence-corrected chi connectivity index (χ1v) is 7.19. The van der Waals surface area contributed by atoms with Crippen molar-refractivity contribution in [1.29, 1.82) is 0 Å². The van der Waals surface area contributed by atoms with Crippen LogP contribution in [-0.4, -0.2) is 26.2 Å². The molecule has 0 fully saturated rings. The maximum absolute atomic E-state index is 12.0. The molecule has 0 spiro atoms. The monoisotopic (exact) mass is 249 g/mol. The van der Waals surface area contributed by atoms with Crippen LogP contribution in [0.25, 0.3) is 0 Å². The number of nitrogens with one attached hydrogen (secondary N) is 1. The summed E-state index contributed by atoms with van der Waals surface area (Å²) >= 11 is 0. The molecule has 0 saturated heterocycles. The van der Waals surface area contributed by atoms with Crippen molar-refractivity contribution in [3.05, 3.63) is 0 Å². The summed E-state index contributed by atoms with van der Waals surface area (Å²) in [6.45, 7) is 12.0. The average Bonchev–Trinajstić information content (AvgIpc) is 2.14. The minimum absolute atomic E-state index is 0.106. The fourth-order valence-electron chi connectivity index (χ4n) is 1.23. The molecule has 3 nitrogen and oxygen atoms in total. The molecule has 2 N–H and O–H groups in total. The van der Waals surface area contributed by atoms with E-state index in [-0.39, 0.29) is 16.9 Å². The lowest BCUT2D eigenvalue weighted by Crippen LogP contribution is -2.43. The Morgan fingerprint density at radius 1 is 1.31 bits per heavy atom. The van der Waals surface area contributed by atoms with Crippen molar-refractivity contribution in [2.45, 2.75) is 71.3 Å². The molecule has 0 aromatic rings. The van der Waals surface area contributed by atoms with Crippen LogP contribution in [0.4, 0.5) is 0 Å². The maximum atomic E-state index is 12.0. The third-order valence-electron chi connectivity index (χ3n) is 2.62. The van der Waals surface area contributed by atoms with E-state index in [1.165, 1.54) is 0 Å². The van der Waals surface area contributed by atoms with Crippen molar-refractivity contribution in [3.8, 4) is 0 Å². The molecule has 0 aliphatic carbocycles. The normalized spacial score (nSPS) is 18.5. The molecular weight excluding hydrogens is 222 g/mol. The van der Waals surface area contributed by atoms with E-state index in [1.807, 2.05) is 27.7 Å². The first-order valence-electron chi connectivity index (χ1n) is 6.04. The van der Waals surface area contributed by atoms with Crippen molar-refractivity contribution in [3.63, 3.8) is 0 Å². The second kappa shape index (κ2) is 6.72. The van der Waals surface area contributed by atoms with Gasteiger partial charge in [0.25, 0.3) is 0 Å². The van der Waals surface area contributed by atoms with Crippen molar-refractivity contribution in [1.82, 2.24) is 4.72 Å². The molecule has 0 heterocycles. The summed E-state index contributed by atoms with van der Waals surface area (Å²) in [5.41, 5.74) is 0. The van der Waals surface area contributed by atoms with E-state index in [4.69, 9.17) is 0 Å². The predicted octanol–water partition coefficient (Wildman–Crippen LogP) is 2.22. The number of hydrogen-bond donors (Lipinski definition) is 2. The standard InChI is InChI=1S/C12H27NO2S/c1-7-10(14)8-11(9(2)3)13-16(15)12(4,5)6/h9-11,13-14H,7-8H2,1-6H3/t10-,11-,16?/m1/s1. The second-order valence-corrected chi connectivity index (χ2v) is 7.65. The smallest absolute Gasteiger partial charge is 0.0972 e.